The predicted molar refractivity (Wildman–Crippen MR) is 179 cm³/mol. The van der Waals surface area contributed by atoms with Crippen molar-refractivity contribution in [2.75, 3.05) is 0 Å². The van der Waals surface area contributed by atoms with E-state index in [0.29, 0.717) is 11.3 Å². The molecule has 1 fully saturated rings. The van der Waals surface area contributed by atoms with Gasteiger partial charge in [-0.1, -0.05) is 97.5 Å². The summed E-state index contributed by atoms with van der Waals surface area (Å²) in [4.78, 5) is 0. The molecule has 0 aliphatic heterocycles. The van der Waals surface area contributed by atoms with Crippen LogP contribution in [0.5, 0.6) is 0 Å². The van der Waals surface area contributed by atoms with E-state index in [0.717, 1.165) is 57.0 Å². The Balaban J connectivity index is 2.46. The fourth-order valence-corrected chi connectivity index (χ4v) is 6.88. The van der Waals surface area contributed by atoms with Crippen molar-refractivity contribution >= 4 is 9.24 Å². The van der Waals surface area contributed by atoms with E-state index >= 15 is 0 Å². The predicted octanol–water partition coefficient (Wildman–Crippen LogP) is 11.6. The molecule has 0 amide bonds. The van der Waals surface area contributed by atoms with E-state index in [1.54, 1.807) is 0 Å². The molecule has 0 saturated heterocycles. The molecule has 1 aromatic carbocycles. The maximum atomic E-state index is 4.61. The molecule has 1 aromatic rings. The van der Waals surface area contributed by atoms with Gasteiger partial charge in [-0.25, -0.2) is 0 Å². The van der Waals surface area contributed by atoms with Crippen molar-refractivity contribution in [3.05, 3.63) is 112 Å². The van der Waals surface area contributed by atoms with Crippen molar-refractivity contribution in [1.82, 2.24) is 0 Å². The van der Waals surface area contributed by atoms with Gasteiger partial charge in [0.15, 0.2) is 0 Å². The van der Waals surface area contributed by atoms with Gasteiger partial charge < -0.3 is 0 Å². The first-order valence-corrected chi connectivity index (χ1v) is 15.6. The van der Waals surface area contributed by atoms with E-state index in [2.05, 4.69) is 121 Å². The third kappa shape index (κ3) is 7.97. The molecule has 0 radical (unpaired) electrons. The zero-order valence-corrected chi connectivity index (χ0v) is 27.6. The van der Waals surface area contributed by atoms with Crippen LogP contribution in [0.25, 0.3) is 0 Å². The average molecular weight is 543 g/mol. The standard InChI is InChI=1S/C38H55P/c1-13-17-34-23-38(24-34,29(8)15-3)22-25(4)20-36(33(12)37(39)32(11)26(5)14-2)31(10)28(7)21-35-19-16-18-27(6)30(35)9/h16,18-20,25,29,34H,2,7,10,12-13,15,17,21-24,39H2,1,3-6,8-9,11H3/b36-20-,37-32-. The Morgan fingerprint density at radius 3 is 2.31 bits per heavy atom. The summed E-state index contributed by atoms with van der Waals surface area (Å²) < 4.78 is 0. The average Bonchev–Trinajstić information content (AvgIpc) is 2.90. The molecular weight excluding hydrogens is 487 g/mol. The monoisotopic (exact) mass is 542 g/mol. The third-order valence-electron chi connectivity index (χ3n) is 9.68. The van der Waals surface area contributed by atoms with Crippen LogP contribution >= 0.6 is 9.24 Å². The van der Waals surface area contributed by atoms with Gasteiger partial charge in [-0.3, -0.25) is 0 Å². The smallest absolute Gasteiger partial charge is 0.00230 e. The van der Waals surface area contributed by atoms with Crippen LogP contribution in [0.3, 0.4) is 0 Å². The van der Waals surface area contributed by atoms with Crippen molar-refractivity contribution in [2.24, 2.45) is 23.2 Å². The molecule has 1 saturated carbocycles. The lowest BCUT2D eigenvalue weighted by Crippen LogP contribution is -2.43. The van der Waals surface area contributed by atoms with Gasteiger partial charge in [0.1, 0.15) is 0 Å². The highest BCUT2D eigenvalue weighted by atomic mass is 31.0. The van der Waals surface area contributed by atoms with Crippen LogP contribution in [0.1, 0.15) is 96.8 Å². The Morgan fingerprint density at radius 1 is 1.10 bits per heavy atom. The second-order valence-corrected chi connectivity index (χ2v) is 13.0. The molecule has 1 aliphatic carbocycles. The SMILES string of the molecule is C=C=C(C)/C(C)=C(\P)C(=C)/C(=C\C(C)CC1(C(C)CC)CC(CCC)C1)C(=C)C(=C)Cc1cccc(C)c1C. The van der Waals surface area contributed by atoms with Crippen molar-refractivity contribution in [1.29, 1.82) is 0 Å². The fourth-order valence-electron chi connectivity index (χ4n) is 6.51. The number of hydrogen-bond donors (Lipinski definition) is 0. The maximum absolute atomic E-state index is 4.61. The molecule has 0 N–H and O–H groups in total. The normalized spacial score (nSPS) is 21.3. The minimum Gasteiger partial charge on any atom is -0.125 e. The highest BCUT2D eigenvalue weighted by molar-refractivity contribution is 7.23. The molecule has 212 valence electrons. The summed E-state index contributed by atoms with van der Waals surface area (Å²) in [6.07, 6.45) is 11.1. The largest absolute Gasteiger partial charge is 0.125 e. The van der Waals surface area contributed by atoms with Crippen LogP contribution < -0.4 is 0 Å². The molecule has 1 heteroatoms. The molecule has 2 rings (SSSR count). The van der Waals surface area contributed by atoms with Crippen LogP contribution in [-0.4, -0.2) is 0 Å². The molecule has 0 aromatic heterocycles. The van der Waals surface area contributed by atoms with Crippen LogP contribution in [0, 0.1) is 37.0 Å². The Bertz CT molecular complexity index is 1190. The van der Waals surface area contributed by atoms with Gasteiger partial charge in [0.2, 0.25) is 0 Å². The topological polar surface area (TPSA) is 0 Å². The molecule has 39 heavy (non-hydrogen) atoms. The minimum atomic E-state index is 0.424. The Hall–Kier alpha value is -2.13. The maximum Gasteiger partial charge on any atom is -0.00230 e. The van der Waals surface area contributed by atoms with E-state index < -0.39 is 0 Å². The molecule has 3 atom stereocenters. The van der Waals surface area contributed by atoms with E-state index in [9.17, 15) is 0 Å². The Labute approximate surface area is 244 Å². The van der Waals surface area contributed by atoms with Gasteiger partial charge in [0.05, 0.1) is 0 Å². The number of hydrogen-bond acceptors (Lipinski definition) is 0. The first-order valence-electron chi connectivity index (χ1n) is 15.0. The third-order valence-corrected chi connectivity index (χ3v) is 10.5. The molecule has 0 bridgehead atoms. The van der Waals surface area contributed by atoms with Gasteiger partial charge in [0.25, 0.3) is 0 Å². The van der Waals surface area contributed by atoms with Crippen LogP contribution in [0.4, 0.5) is 0 Å². The summed E-state index contributed by atoms with van der Waals surface area (Å²) in [6.45, 7) is 35.7. The van der Waals surface area contributed by atoms with Crippen LogP contribution in [-0.2, 0) is 6.42 Å². The summed E-state index contributed by atoms with van der Waals surface area (Å²) >= 11 is 0. The molecular formula is C38H55P. The van der Waals surface area contributed by atoms with Crippen molar-refractivity contribution < 1.29 is 0 Å². The van der Waals surface area contributed by atoms with Crippen molar-refractivity contribution in [3.63, 3.8) is 0 Å². The highest BCUT2D eigenvalue weighted by Gasteiger charge is 2.46. The molecule has 0 spiro atoms. The Morgan fingerprint density at radius 2 is 1.74 bits per heavy atom. The lowest BCUT2D eigenvalue weighted by Gasteiger charge is -2.53. The zero-order chi connectivity index (χ0) is 29.5. The second-order valence-electron chi connectivity index (χ2n) is 12.4. The van der Waals surface area contributed by atoms with Gasteiger partial charge >= 0.3 is 0 Å². The fraction of sp³-hybridized carbons (Fsp3) is 0.500. The summed E-state index contributed by atoms with van der Waals surface area (Å²) in [7, 11) is 2.92. The molecule has 3 unspecified atom stereocenters. The van der Waals surface area contributed by atoms with Crippen LogP contribution in [0.2, 0.25) is 0 Å². The van der Waals surface area contributed by atoms with Gasteiger partial charge in [-0.05, 0) is 132 Å². The summed E-state index contributed by atoms with van der Waals surface area (Å²) in [5.74, 6) is 2.07. The Kier molecular flexibility index (Phi) is 12.3. The summed E-state index contributed by atoms with van der Waals surface area (Å²) in [6, 6.07) is 6.53. The van der Waals surface area contributed by atoms with Gasteiger partial charge in [0, 0.05) is 0 Å². The first kappa shape index (κ1) is 33.1. The first-order chi connectivity index (χ1) is 18.3. The lowest BCUT2D eigenvalue weighted by atomic mass is 9.52. The number of allylic oxidation sites excluding steroid dienone is 8. The molecule has 1 aliphatic rings. The second kappa shape index (κ2) is 14.5. The van der Waals surface area contributed by atoms with E-state index in [4.69, 9.17) is 0 Å². The van der Waals surface area contributed by atoms with E-state index in [1.165, 1.54) is 55.2 Å². The van der Waals surface area contributed by atoms with Crippen LogP contribution in [0.15, 0.2) is 95.1 Å². The molecule has 0 nitrogen and oxygen atoms in total. The van der Waals surface area contributed by atoms with Gasteiger partial charge in [-0.2, -0.15) is 0 Å². The van der Waals surface area contributed by atoms with E-state index in [1.807, 2.05) is 0 Å². The molecule has 0 heterocycles. The highest BCUT2D eigenvalue weighted by Crippen LogP contribution is 2.57. The summed E-state index contributed by atoms with van der Waals surface area (Å²) in [5, 5.41) is 1.09. The lowest BCUT2D eigenvalue weighted by molar-refractivity contribution is -0.0236. The minimum absolute atomic E-state index is 0.424. The van der Waals surface area contributed by atoms with Gasteiger partial charge in [-0.15, -0.1) is 15.0 Å². The zero-order valence-electron chi connectivity index (χ0n) is 26.4. The van der Waals surface area contributed by atoms with E-state index in [-0.39, 0.29) is 0 Å². The number of aryl methyl sites for hydroxylation is 1. The summed E-state index contributed by atoms with van der Waals surface area (Å²) in [5.41, 5.74) is 13.8. The number of rotatable bonds is 14. The van der Waals surface area contributed by atoms with Crippen molar-refractivity contribution in [3.8, 4) is 0 Å². The quantitative estimate of drug-likeness (QED) is 0.125. The van der Waals surface area contributed by atoms with Crippen molar-refractivity contribution in [2.45, 2.75) is 100 Å². The number of benzene rings is 1.